The maximum absolute atomic E-state index is 6.12. The first-order valence-electron chi connectivity index (χ1n) is 6.70. The van der Waals surface area contributed by atoms with E-state index in [1.807, 2.05) is 0 Å². The van der Waals surface area contributed by atoms with Gasteiger partial charge < -0.3 is 10.6 Å². The van der Waals surface area contributed by atoms with Crippen molar-refractivity contribution in [2.45, 2.75) is 38.3 Å². The van der Waals surface area contributed by atoms with Crippen LogP contribution in [-0.4, -0.2) is 33.8 Å². The van der Waals surface area contributed by atoms with E-state index in [0.717, 1.165) is 37.6 Å². The second-order valence-corrected chi connectivity index (χ2v) is 6.11. The summed E-state index contributed by atoms with van der Waals surface area (Å²) < 4.78 is 0. The van der Waals surface area contributed by atoms with Crippen molar-refractivity contribution in [2.24, 2.45) is 5.73 Å². The topological polar surface area (TPSA) is 70.8 Å². The molecule has 1 fully saturated rings. The molecule has 0 radical (unpaired) electrons. The lowest BCUT2D eigenvalue weighted by Crippen LogP contribution is -2.50. The zero-order valence-corrected chi connectivity index (χ0v) is 11.9. The Bertz CT molecular complexity index is 521. The van der Waals surface area contributed by atoms with Crippen molar-refractivity contribution in [3.63, 3.8) is 0 Å². The highest BCUT2D eigenvalue weighted by molar-refractivity contribution is 7.09. The summed E-state index contributed by atoms with van der Waals surface area (Å²) in [5.74, 6) is 1.71. The SMILES string of the molecule is CC1C(N)CCCN1c1n[nH]c(Cc2cccs2)n1. The third-order valence-electron chi connectivity index (χ3n) is 3.75. The number of nitrogens with zero attached hydrogens (tertiary/aromatic N) is 3. The van der Waals surface area contributed by atoms with Crippen LogP contribution in [0.1, 0.15) is 30.5 Å². The minimum Gasteiger partial charge on any atom is -0.335 e. The normalized spacial score (nSPS) is 23.8. The molecule has 0 saturated carbocycles. The molecule has 3 N–H and O–H groups in total. The van der Waals surface area contributed by atoms with Crippen LogP contribution in [0.25, 0.3) is 0 Å². The Kier molecular flexibility index (Phi) is 3.52. The summed E-state index contributed by atoms with van der Waals surface area (Å²) in [5, 5.41) is 9.47. The summed E-state index contributed by atoms with van der Waals surface area (Å²) >= 11 is 1.74. The lowest BCUT2D eigenvalue weighted by molar-refractivity contribution is 0.416. The van der Waals surface area contributed by atoms with Gasteiger partial charge in [0.25, 0.3) is 0 Å². The Labute approximate surface area is 116 Å². The highest BCUT2D eigenvalue weighted by Crippen LogP contribution is 2.21. The van der Waals surface area contributed by atoms with Gasteiger partial charge in [-0.3, -0.25) is 5.10 Å². The van der Waals surface area contributed by atoms with Crippen molar-refractivity contribution in [2.75, 3.05) is 11.4 Å². The van der Waals surface area contributed by atoms with Crippen molar-refractivity contribution < 1.29 is 0 Å². The first-order chi connectivity index (χ1) is 9.24. The average Bonchev–Trinajstić information content (AvgIpc) is 3.05. The largest absolute Gasteiger partial charge is 0.335 e. The third-order valence-corrected chi connectivity index (χ3v) is 4.62. The number of hydrogen-bond acceptors (Lipinski definition) is 5. The molecule has 0 aromatic carbocycles. The molecular weight excluding hydrogens is 258 g/mol. The zero-order chi connectivity index (χ0) is 13.2. The second-order valence-electron chi connectivity index (χ2n) is 5.08. The molecule has 0 spiro atoms. The highest BCUT2D eigenvalue weighted by Gasteiger charge is 2.27. The molecule has 1 saturated heterocycles. The van der Waals surface area contributed by atoms with Crippen molar-refractivity contribution in [3.8, 4) is 0 Å². The highest BCUT2D eigenvalue weighted by atomic mass is 32.1. The molecule has 3 heterocycles. The van der Waals surface area contributed by atoms with Crippen molar-refractivity contribution in [1.29, 1.82) is 0 Å². The fourth-order valence-electron chi connectivity index (χ4n) is 2.53. The van der Waals surface area contributed by atoms with Crippen molar-refractivity contribution >= 4 is 17.3 Å². The van der Waals surface area contributed by atoms with Gasteiger partial charge in [0.05, 0.1) is 0 Å². The Balaban J connectivity index is 1.73. The standard InChI is InChI=1S/C13H19N5S/c1-9-11(14)5-2-6-18(9)13-15-12(16-17-13)8-10-4-3-7-19-10/h3-4,7,9,11H,2,5-6,8,14H2,1H3,(H,15,16,17). The summed E-state index contributed by atoms with van der Waals surface area (Å²) in [5.41, 5.74) is 6.12. The van der Waals surface area contributed by atoms with Crippen LogP contribution in [0.4, 0.5) is 5.95 Å². The van der Waals surface area contributed by atoms with E-state index in [4.69, 9.17) is 5.73 Å². The van der Waals surface area contributed by atoms with Crippen molar-refractivity contribution in [1.82, 2.24) is 15.2 Å². The lowest BCUT2D eigenvalue weighted by atomic mass is 9.99. The predicted octanol–water partition coefficient (Wildman–Crippen LogP) is 1.77. The molecule has 5 nitrogen and oxygen atoms in total. The number of nitrogens with one attached hydrogen (secondary N) is 1. The number of anilines is 1. The van der Waals surface area contributed by atoms with Gasteiger partial charge in [-0.25, -0.2) is 0 Å². The average molecular weight is 277 g/mol. The molecule has 0 bridgehead atoms. The summed E-state index contributed by atoms with van der Waals surface area (Å²) in [4.78, 5) is 8.11. The molecule has 6 heteroatoms. The minimum absolute atomic E-state index is 0.216. The molecule has 2 unspecified atom stereocenters. The van der Waals surface area contributed by atoms with E-state index in [1.165, 1.54) is 4.88 Å². The van der Waals surface area contributed by atoms with E-state index in [0.29, 0.717) is 6.04 Å². The predicted molar refractivity (Wildman–Crippen MR) is 77.5 cm³/mol. The first kappa shape index (κ1) is 12.6. The van der Waals surface area contributed by atoms with Gasteiger partial charge in [-0.1, -0.05) is 6.07 Å². The molecule has 2 aromatic heterocycles. The van der Waals surface area contributed by atoms with Crippen LogP contribution >= 0.6 is 11.3 Å². The summed E-state index contributed by atoms with van der Waals surface area (Å²) in [6.07, 6.45) is 3.02. The smallest absolute Gasteiger partial charge is 0.245 e. The van der Waals surface area contributed by atoms with Gasteiger partial charge >= 0.3 is 0 Å². The van der Waals surface area contributed by atoms with Crippen LogP contribution in [0.2, 0.25) is 0 Å². The Hall–Kier alpha value is -1.40. The minimum atomic E-state index is 0.216. The Morgan fingerprint density at radius 2 is 2.47 bits per heavy atom. The Morgan fingerprint density at radius 3 is 3.26 bits per heavy atom. The van der Waals surface area contributed by atoms with E-state index >= 15 is 0 Å². The van der Waals surface area contributed by atoms with Crippen molar-refractivity contribution in [3.05, 3.63) is 28.2 Å². The summed E-state index contributed by atoms with van der Waals surface area (Å²) in [7, 11) is 0. The van der Waals surface area contributed by atoms with Crippen LogP contribution in [0.3, 0.4) is 0 Å². The third kappa shape index (κ3) is 2.64. The molecule has 2 atom stereocenters. The number of hydrogen-bond donors (Lipinski definition) is 2. The molecule has 102 valence electrons. The van der Waals surface area contributed by atoms with Crippen LogP contribution in [0.15, 0.2) is 17.5 Å². The van der Waals surface area contributed by atoms with Crippen LogP contribution in [0, 0.1) is 0 Å². The van der Waals surface area contributed by atoms with Gasteiger partial charge in [0, 0.05) is 29.9 Å². The summed E-state index contributed by atoms with van der Waals surface area (Å²) in [6, 6.07) is 4.70. The van der Waals surface area contributed by atoms with Gasteiger partial charge in [0.1, 0.15) is 5.82 Å². The number of aromatic amines is 1. The van der Waals surface area contributed by atoms with Crippen LogP contribution < -0.4 is 10.6 Å². The fraction of sp³-hybridized carbons (Fsp3) is 0.538. The molecule has 0 aliphatic carbocycles. The first-order valence-corrected chi connectivity index (χ1v) is 7.58. The summed E-state index contributed by atoms with van der Waals surface area (Å²) in [6.45, 7) is 3.14. The number of rotatable bonds is 3. The number of H-pyrrole nitrogens is 1. The van der Waals surface area contributed by atoms with Gasteiger partial charge in [0.2, 0.25) is 5.95 Å². The number of aromatic nitrogens is 3. The van der Waals surface area contributed by atoms with Crippen LogP contribution in [-0.2, 0) is 6.42 Å². The fourth-order valence-corrected chi connectivity index (χ4v) is 3.24. The molecule has 0 amide bonds. The molecule has 19 heavy (non-hydrogen) atoms. The van der Waals surface area contributed by atoms with Gasteiger partial charge in [-0.2, -0.15) is 4.98 Å². The monoisotopic (exact) mass is 277 g/mol. The quantitative estimate of drug-likeness (QED) is 0.897. The van der Waals surface area contributed by atoms with Gasteiger partial charge in [0.15, 0.2) is 0 Å². The molecule has 3 rings (SSSR count). The number of thiophene rings is 1. The molecule has 2 aromatic rings. The van der Waals surface area contributed by atoms with Crippen LogP contribution in [0.5, 0.6) is 0 Å². The molecular formula is C13H19N5S. The number of nitrogens with two attached hydrogens (primary N) is 1. The lowest BCUT2D eigenvalue weighted by Gasteiger charge is -2.36. The van der Waals surface area contributed by atoms with E-state index in [1.54, 1.807) is 11.3 Å². The second kappa shape index (κ2) is 5.30. The van der Waals surface area contributed by atoms with Gasteiger partial charge in [-0.05, 0) is 31.2 Å². The van der Waals surface area contributed by atoms with E-state index < -0.39 is 0 Å². The maximum atomic E-state index is 6.12. The maximum Gasteiger partial charge on any atom is 0.245 e. The van der Waals surface area contributed by atoms with E-state index in [9.17, 15) is 0 Å². The van der Waals surface area contributed by atoms with E-state index in [-0.39, 0.29) is 6.04 Å². The van der Waals surface area contributed by atoms with E-state index in [2.05, 4.69) is 44.5 Å². The van der Waals surface area contributed by atoms with Gasteiger partial charge in [-0.15, -0.1) is 16.4 Å². The molecule has 1 aliphatic rings. The Morgan fingerprint density at radius 1 is 1.58 bits per heavy atom. The molecule has 1 aliphatic heterocycles. The number of piperidine rings is 1. The zero-order valence-electron chi connectivity index (χ0n) is 11.0.